The zero-order valence-electron chi connectivity index (χ0n) is 17.2. The molecule has 0 saturated heterocycles. The number of hydrogen-bond acceptors (Lipinski definition) is 4. The van der Waals surface area contributed by atoms with Gasteiger partial charge in [-0.3, -0.25) is 4.79 Å². The molecule has 5 nitrogen and oxygen atoms in total. The van der Waals surface area contributed by atoms with Crippen molar-refractivity contribution in [2.75, 3.05) is 0 Å². The van der Waals surface area contributed by atoms with Gasteiger partial charge in [-0.25, -0.2) is 0 Å². The third-order valence-corrected chi connectivity index (χ3v) is 6.57. The van der Waals surface area contributed by atoms with Gasteiger partial charge in [0.2, 0.25) is 0 Å². The van der Waals surface area contributed by atoms with Crippen LogP contribution in [0.1, 0.15) is 6.92 Å². The standard InChI is InChI=1S/C25H19ClN4OS/c1-2-30-23(17-11-7-4-8-12-17)28-29-25(30)32-22-21(16-9-5-3-6-10-16)19-14-13-18(26)15-20(19)27-24(22)31/h3-15H,2H2,1H3,(H,27,31). The van der Waals surface area contributed by atoms with Crippen molar-refractivity contribution >= 4 is 34.3 Å². The van der Waals surface area contributed by atoms with Crippen molar-refractivity contribution in [3.63, 3.8) is 0 Å². The molecule has 0 aliphatic rings. The summed E-state index contributed by atoms with van der Waals surface area (Å²) in [5, 5.41) is 11.0. The number of halogens is 1. The maximum atomic E-state index is 13.2. The second kappa shape index (κ2) is 8.65. The molecule has 0 atom stereocenters. The van der Waals surface area contributed by atoms with Crippen LogP contribution in [-0.4, -0.2) is 19.7 Å². The molecular formula is C25H19ClN4OS. The monoisotopic (exact) mass is 458 g/mol. The summed E-state index contributed by atoms with van der Waals surface area (Å²) in [6.45, 7) is 2.73. The molecule has 0 spiro atoms. The lowest BCUT2D eigenvalue weighted by Crippen LogP contribution is -2.11. The number of pyridine rings is 1. The lowest BCUT2D eigenvalue weighted by molar-refractivity contribution is 0.687. The van der Waals surface area contributed by atoms with Crippen LogP contribution in [0.4, 0.5) is 0 Å². The molecule has 0 aliphatic heterocycles. The van der Waals surface area contributed by atoms with Gasteiger partial charge < -0.3 is 9.55 Å². The average molecular weight is 459 g/mol. The Hall–Kier alpha value is -3.35. The van der Waals surface area contributed by atoms with E-state index in [2.05, 4.69) is 15.2 Å². The Balaban J connectivity index is 1.71. The minimum atomic E-state index is -0.185. The Morgan fingerprint density at radius 3 is 2.31 bits per heavy atom. The fourth-order valence-electron chi connectivity index (χ4n) is 3.78. The largest absolute Gasteiger partial charge is 0.321 e. The van der Waals surface area contributed by atoms with E-state index >= 15 is 0 Å². The van der Waals surface area contributed by atoms with Crippen molar-refractivity contribution < 1.29 is 0 Å². The average Bonchev–Trinajstić information content (AvgIpc) is 3.23. The Kier molecular flexibility index (Phi) is 5.55. The smallest absolute Gasteiger partial charge is 0.263 e. The summed E-state index contributed by atoms with van der Waals surface area (Å²) in [6, 6.07) is 25.4. The number of aromatic nitrogens is 4. The molecule has 158 valence electrons. The molecule has 0 saturated carbocycles. The van der Waals surface area contributed by atoms with Gasteiger partial charge in [0.1, 0.15) is 0 Å². The first-order valence-electron chi connectivity index (χ1n) is 10.2. The summed E-state index contributed by atoms with van der Waals surface area (Å²) < 4.78 is 2.03. The molecule has 3 aromatic carbocycles. The second-order valence-electron chi connectivity index (χ2n) is 7.23. The van der Waals surface area contributed by atoms with Crippen molar-refractivity contribution in [3.8, 4) is 22.5 Å². The van der Waals surface area contributed by atoms with Crippen molar-refractivity contribution in [1.29, 1.82) is 0 Å². The molecule has 1 N–H and O–H groups in total. The van der Waals surface area contributed by atoms with E-state index in [0.29, 0.717) is 27.1 Å². The molecule has 7 heteroatoms. The topological polar surface area (TPSA) is 63.6 Å². The van der Waals surface area contributed by atoms with E-state index in [0.717, 1.165) is 27.9 Å². The molecule has 0 bridgehead atoms. The predicted molar refractivity (Wildman–Crippen MR) is 130 cm³/mol. The van der Waals surface area contributed by atoms with Gasteiger partial charge in [-0.1, -0.05) is 78.3 Å². The lowest BCUT2D eigenvalue weighted by atomic mass is 10.0. The van der Waals surface area contributed by atoms with Crippen LogP contribution >= 0.6 is 23.4 Å². The minimum Gasteiger partial charge on any atom is -0.321 e. The summed E-state index contributed by atoms with van der Waals surface area (Å²) >= 11 is 7.52. The van der Waals surface area contributed by atoms with E-state index in [1.807, 2.05) is 84.3 Å². The Morgan fingerprint density at radius 2 is 1.62 bits per heavy atom. The maximum Gasteiger partial charge on any atom is 0.263 e. The highest BCUT2D eigenvalue weighted by atomic mass is 35.5. The van der Waals surface area contributed by atoms with Crippen molar-refractivity contribution in [1.82, 2.24) is 19.7 Å². The van der Waals surface area contributed by atoms with Crippen LogP contribution in [0.5, 0.6) is 0 Å². The number of fused-ring (bicyclic) bond motifs is 1. The first-order chi connectivity index (χ1) is 15.7. The summed E-state index contributed by atoms with van der Waals surface area (Å²) in [4.78, 5) is 16.8. The van der Waals surface area contributed by atoms with E-state index < -0.39 is 0 Å². The molecule has 0 fully saturated rings. The second-order valence-corrected chi connectivity index (χ2v) is 8.65. The van der Waals surface area contributed by atoms with Crippen molar-refractivity contribution in [3.05, 3.63) is 94.2 Å². The molecule has 0 amide bonds. The molecule has 5 rings (SSSR count). The maximum absolute atomic E-state index is 13.2. The fraction of sp³-hybridized carbons (Fsp3) is 0.0800. The number of aromatic amines is 1. The van der Waals surface area contributed by atoms with Crippen LogP contribution < -0.4 is 5.56 Å². The van der Waals surface area contributed by atoms with E-state index in [1.54, 1.807) is 6.07 Å². The van der Waals surface area contributed by atoms with E-state index in [-0.39, 0.29) is 5.56 Å². The van der Waals surface area contributed by atoms with E-state index in [9.17, 15) is 4.79 Å². The third kappa shape index (κ3) is 3.72. The van der Waals surface area contributed by atoms with Gasteiger partial charge in [-0.2, -0.15) is 0 Å². The van der Waals surface area contributed by atoms with Gasteiger partial charge in [-0.05, 0) is 36.4 Å². The zero-order chi connectivity index (χ0) is 22.1. The minimum absolute atomic E-state index is 0.185. The highest BCUT2D eigenvalue weighted by Gasteiger charge is 2.20. The zero-order valence-corrected chi connectivity index (χ0v) is 18.8. The molecule has 5 aromatic rings. The SMILES string of the molecule is CCn1c(Sc2c(-c3ccccc3)c3ccc(Cl)cc3[nH]c2=O)nnc1-c1ccccc1. The normalized spacial score (nSPS) is 11.2. The number of rotatable bonds is 5. The summed E-state index contributed by atoms with van der Waals surface area (Å²) in [6.07, 6.45) is 0. The van der Waals surface area contributed by atoms with Crippen molar-refractivity contribution in [2.45, 2.75) is 23.5 Å². The molecule has 0 aliphatic carbocycles. The van der Waals surface area contributed by atoms with Gasteiger partial charge in [0, 0.05) is 28.1 Å². The van der Waals surface area contributed by atoms with Crippen LogP contribution in [0.3, 0.4) is 0 Å². The highest BCUT2D eigenvalue weighted by molar-refractivity contribution is 7.99. The summed E-state index contributed by atoms with van der Waals surface area (Å²) in [7, 11) is 0. The summed E-state index contributed by atoms with van der Waals surface area (Å²) in [5.41, 5.74) is 3.32. The van der Waals surface area contributed by atoms with Crippen LogP contribution in [0.2, 0.25) is 5.02 Å². The van der Waals surface area contributed by atoms with Crippen LogP contribution in [0, 0.1) is 0 Å². The van der Waals surface area contributed by atoms with Gasteiger partial charge in [0.15, 0.2) is 11.0 Å². The Labute approximate surface area is 194 Å². The molecule has 0 radical (unpaired) electrons. The number of hydrogen-bond donors (Lipinski definition) is 1. The number of nitrogens with one attached hydrogen (secondary N) is 1. The Morgan fingerprint density at radius 1 is 0.938 bits per heavy atom. The van der Waals surface area contributed by atoms with E-state index in [1.165, 1.54) is 11.8 Å². The predicted octanol–water partition coefficient (Wildman–Crippen LogP) is 6.28. The molecule has 2 heterocycles. The lowest BCUT2D eigenvalue weighted by Gasteiger charge is -2.13. The van der Waals surface area contributed by atoms with Gasteiger partial charge in [0.05, 0.1) is 10.4 Å². The molecular weight excluding hydrogens is 440 g/mol. The first kappa shape index (κ1) is 20.5. The number of nitrogens with zero attached hydrogens (tertiary/aromatic N) is 3. The van der Waals surface area contributed by atoms with Gasteiger partial charge in [-0.15, -0.1) is 10.2 Å². The van der Waals surface area contributed by atoms with E-state index in [4.69, 9.17) is 11.6 Å². The van der Waals surface area contributed by atoms with Crippen LogP contribution in [0.15, 0.2) is 93.7 Å². The van der Waals surface area contributed by atoms with Crippen molar-refractivity contribution in [2.24, 2.45) is 0 Å². The molecule has 0 unspecified atom stereocenters. The molecule has 2 aromatic heterocycles. The highest BCUT2D eigenvalue weighted by Crippen LogP contribution is 2.38. The number of benzene rings is 3. The first-order valence-corrected chi connectivity index (χ1v) is 11.4. The van der Waals surface area contributed by atoms with Gasteiger partial charge >= 0.3 is 0 Å². The van der Waals surface area contributed by atoms with Gasteiger partial charge in [0.25, 0.3) is 5.56 Å². The third-order valence-electron chi connectivity index (χ3n) is 5.25. The Bertz CT molecular complexity index is 1460. The summed E-state index contributed by atoms with van der Waals surface area (Å²) in [5.74, 6) is 0.779. The van der Waals surface area contributed by atoms with Crippen LogP contribution in [-0.2, 0) is 6.54 Å². The molecule has 32 heavy (non-hydrogen) atoms. The quantitative estimate of drug-likeness (QED) is 0.336. The fourth-order valence-corrected chi connectivity index (χ4v) is 5.02. The number of H-pyrrole nitrogens is 1. The van der Waals surface area contributed by atoms with Crippen LogP contribution in [0.25, 0.3) is 33.4 Å².